The Morgan fingerprint density at radius 1 is 1.25 bits per heavy atom. The molecule has 1 heterocycles. The van der Waals surface area contributed by atoms with Gasteiger partial charge in [0.2, 0.25) is 5.88 Å². The number of rotatable bonds is 10. The molecule has 0 saturated carbocycles. The number of aryl methyl sites for hydroxylation is 1. The van der Waals surface area contributed by atoms with Crippen LogP contribution in [0.5, 0.6) is 5.88 Å². The highest BCUT2D eigenvalue weighted by Gasteiger charge is 2.09. The molecular formula is C14H21NO5. The zero-order valence-electron chi connectivity index (χ0n) is 11.9. The van der Waals surface area contributed by atoms with Crippen LogP contribution < -0.4 is 4.74 Å². The van der Waals surface area contributed by atoms with Gasteiger partial charge in [-0.3, -0.25) is 0 Å². The number of hydrogen-bond donors (Lipinski definition) is 1. The van der Waals surface area contributed by atoms with Gasteiger partial charge in [-0.1, -0.05) is 13.3 Å². The summed E-state index contributed by atoms with van der Waals surface area (Å²) in [6.07, 6.45) is 1.62. The summed E-state index contributed by atoms with van der Waals surface area (Å²) in [5, 5.41) is 9.05. The second kappa shape index (κ2) is 9.28. The van der Waals surface area contributed by atoms with Crippen LogP contribution >= 0.6 is 0 Å². The molecule has 0 amide bonds. The Balaban J connectivity index is 2.53. The van der Waals surface area contributed by atoms with E-state index in [2.05, 4.69) is 4.98 Å². The summed E-state index contributed by atoms with van der Waals surface area (Å²) in [7, 11) is 1.61. The molecule has 1 aromatic heterocycles. The Morgan fingerprint density at radius 3 is 2.65 bits per heavy atom. The Bertz CT molecular complexity index is 422. The Morgan fingerprint density at radius 2 is 2.00 bits per heavy atom. The van der Waals surface area contributed by atoms with Crippen LogP contribution in [0.15, 0.2) is 12.1 Å². The van der Waals surface area contributed by atoms with E-state index in [4.69, 9.17) is 19.3 Å². The monoisotopic (exact) mass is 283 g/mol. The smallest absolute Gasteiger partial charge is 0.335 e. The van der Waals surface area contributed by atoms with E-state index in [0.717, 1.165) is 18.5 Å². The summed E-state index contributed by atoms with van der Waals surface area (Å²) in [6, 6.07) is 3.00. The van der Waals surface area contributed by atoms with Gasteiger partial charge in [-0.2, -0.15) is 0 Å². The minimum absolute atomic E-state index is 0.193. The van der Waals surface area contributed by atoms with Crippen molar-refractivity contribution in [1.29, 1.82) is 0 Å². The molecule has 0 unspecified atom stereocenters. The number of aromatic carboxylic acids is 1. The zero-order chi connectivity index (χ0) is 14.8. The molecule has 6 nitrogen and oxygen atoms in total. The van der Waals surface area contributed by atoms with Crippen LogP contribution in [0.25, 0.3) is 0 Å². The highest BCUT2D eigenvalue weighted by molar-refractivity contribution is 5.88. The van der Waals surface area contributed by atoms with E-state index in [1.165, 1.54) is 6.07 Å². The van der Waals surface area contributed by atoms with Gasteiger partial charge in [0.15, 0.2) is 0 Å². The lowest BCUT2D eigenvalue weighted by Crippen LogP contribution is -2.11. The second-order valence-electron chi connectivity index (χ2n) is 4.19. The van der Waals surface area contributed by atoms with Gasteiger partial charge in [0.25, 0.3) is 0 Å². The number of carbonyl (C=O) groups is 1. The van der Waals surface area contributed by atoms with Gasteiger partial charge in [-0.15, -0.1) is 0 Å². The summed E-state index contributed by atoms with van der Waals surface area (Å²) in [6.45, 7) is 3.78. The molecule has 20 heavy (non-hydrogen) atoms. The van der Waals surface area contributed by atoms with Gasteiger partial charge in [0, 0.05) is 18.9 Å². The predicted octanol–water partition coefficient (Wildman–Crippen LogP) is 1.77. The minimum atomic E-state index is -0.981. The van der Waals surface area contributed by atoms with E-state index in [0.29, 0.717) is 32.3 Å². The Labute approximate surface area is 118 Å². The van der Waals surface area contributed by atoms with E-state index in [-0.39, 0.29) is 5.56 Å². The van der Waals surface area contributed by atoms with Gasteiger partial charge >= 0.3 is 5.97 Å². The van der Waals surface area contributed by atoms with Crippen LogP contribution in [-0.4, -0.2) is 49.6 Å². The fraction of sp³-hybridized carbons (Fsp3) is 0.571. The number of carboxylic acids is 1. The molecule has 0 atom stereocenters. The van der Waals surface area contributed by atoms with Crippen molar-refractivity contribution in [3.8, 4) is 5.88 Å². The predicted molar refractivity (Wildman–Crippen MR) is 73.4 cm³/mol. The maximum absolute atomic E-state index is 11.0. The SMILES string of the molecule is CCCc1cc(C(=O)O)cc(OCCOCCOC)n1. The number of carboxylic acid groups (broad SMARTS) is 1. The molecule has 0 aliphatic carbocycles. The zero-order valence-corrected chi connectivity index (χ0v) is 11.9. The van der Waals surface area contributed by atoms with Crippen molar-refractivity contribution in [3.63, 3.8) is 0 Å². The van der Waals surface area contributed by atoms with Gasteiger partial charge in [0.1, 0.15) is 6.61 Å². The first-order valence-corrected chi connectivity index (χ1v) is 6.61. The van der Waals surface area contributed by atoms with E-state index >= 15 is 0 Å². The summed E-state index contributed by atoms with van der Waals surface area (Å²) >= 11 is 0. The number of methoxy groups -OCH3 is 1. The summed E-state index contributed by atoms with van der Waals surface area (Å²) in [4.78, 5) is 15.3. The van der Waals surface area contributed by atoms with Crippen LogP contribution in [0.4, 0.5) is 0 Å². The fourth-order valence-corrected chi connectivity index (χ4v) is 1.59. The highest BCUT2D eigenvalue weighted by atomic mass is 16.5. The standard InChI is InChI=1S/C14H21NO5/c1-3-4-12-9-11(14(16)17)10-13(15-12)20-8-7-19-6-5-18-2/h9-10H,3-8H2,1-2H3,(H,16,17). The van der Waals surface area contributed by atoms with Gasteiger partial charge < -0.3 is 19.3 Å². The molecule has 0 fully saturated rings. The van der Waals surface area contributed by atoms with Crippen molar-refractivity contribution in [2.24, 2.45) is 0 Å². The Hall–Kier alpha value is -1.66. The van der Waals surface area contributed by atoms with Crippen LogP contribution in [-0.2, 0) is 15.9 Å². The normalized spacial score (nSPS) is 10.5. The maximum atomic E-state index is 11.0. The summed E-state index contributed by atoms with van der Waals surface area (Å²) in [5.41, 5.74) is 0.918. The van der Waals surface area contributed by atoms with E-state index in [9.17, 15) is 4.79 Å². The number of aromatic nitrogens is 1. The molecule has 0 bridgehead atoms. The molecule has 0 saturated heterocycles. The topological polar surface area (TPSA) is 77.9 Å². The lowest BCUT2D eigenvalue weighted by molar-refractivity contribution is 0.0535. The first-order valence-electron chi connectivity index (χ1n) is 6.61. The average Bonchev–Trinajstić information content (AvgIpc) is 2.43. The van der Waals surface area contributed by atoms with Crippen molar-refractivity contribution in [2.45, 2.75) is 19.8 Å². The number of hydrogen-bond acceptors (Lipinski definition) is 5. The van der Waals surface area contributed by atoms with Crippen LogP contribution in [0, 0.1) is 0 Å². The van der Waals surface area contributed by atoms with E-state index in [1.54, 1.807) is 13.2 Å². The molecule has 1 rings (SSSR count). The molecule has 0 spiro atoms. The molecule has 0 aliphatic heterocycles. The van der Waals surface area contributed by atoms with Crippen molar-refractivity contribution >= 4 is 5.97 Å². The van der Waals surface area contributed by atoms with Crippen LogP contribution in [0.1, 0.15) is 29.4 Å². The number of pyridine rings is 1. The lowest BCUT2D eigenvalue weighted by atomic mass is 10.1. The summed E-state index contributed by atoms with van der Waals surface area (Å²) < 4.78 is 15.5. The molecule has 0 radical (unpaired) electrons. The number of nitrogens with zero attached hydrogens (tertiary/aromatic N) is 1. The molecular weight excluding hydrogens is 262 g/mol. The third kappa shape index (κ3) is 5.99. The lowest BCUT2D eigenvalue weighted by Gasteiger charge is -2.09. The molecule has 112 valence electrons. The van der Waals surface area contributed by atoms with Gasteiger partial charge in [-0.25, -0.2) is 9.78 Å². The van der Waals surface area contributed by atoms with Crippen LogP contribution in [0.3, 0.4) is 0 Å². The first-order chi connectivity index (χ1) is 9.67. The molecule has 0 aromatic carbocycles. The number of ether oxygens (including phenoxy) is 3. The van der Waals surface area contributed by atoms with Gasteiger partial charge in [-0.05, 0) is 12.5 Å². The first kappa shape index (κ1) is 16.4. The third-order valence-electron chi connectivity index (χ3n) is 2.52. The minimum Gasteiger partial charge on any atom is -0.478 e. The largest absolute Gasteiger partial charge is 0.478 e. The van der Waals surface area contributed by atoms with Crippen molar-refractivity contribution in [2.75, 3.05) is 33.5 Å². The molecule has 0 aliphatic rings. The second-order valence-corrected chi connectivity index (χ2v) is 4.19. The van der Waals surface area contributed by atoms with E-state index < -0.39 is 5.97 Å². The van der Waals surface area contributed by atoms with Crippen molar-refractivity contribution in [1.82, 2.24) is 4.98 Å². The maximum Gasteiger partial charge on any atom is 0.335 e. The van der Waals surface area contributed by atoms with Crippen LogP contribution in [0.2, 0.25) is 0 Å². The van der Waals surface area contributed by atoms with Crippen molar-refractivity contribution in [3.05, 3.63) is 23.4 Å². The van der Waals surface area contributed by atoms with E-state index in [1.807, 2.05) is 6.92 Å². The Kier molecular flexibility index (Phi) is 7.60. The third-order valence-corrected chi connectivity index (χ3v) is 2.52. The van der Waals surface area contributed by atoms with Crippen molar-refractivity contribution < 1.29 is 24.1 Å². The quantitative estimate of drug-likeness (QED) is 0.659. The van der Waals surface area contributed by atoms with Gasteiger partial charge in [0.05, 0.1) is 25.4 Å². The fourth-order valence-electron chi connectivity index (χ4n) is 1.59. The average molecular weight is 283 g/mol. The molecule has 6 heteroatoms. The highest BCUT2D eigenvalue weighted by Crippen LogP contribution is 2.14. The summed E-state index contributed by atoms with van der Waals surface area (Å²) in [5.74, 6) is -0.658. The molecule has 1 N–H and O–H groups in total. The molecule has 1 aromatic rings.